The first-order valence-electron chi connectivity index (χ1n) is 10.5. The zero-order valence-corrected chi connectivity index (χ0v) is 17.7. The molecule has 1 saturated carbocycles. The van der Waals surface area contributed by atoms with Crippen LogP contribution in [-0.2, 0) is 22.9 Å². The average Bonchev–Trinajstić information content (AvgIpc) is 3.45. The summed E-state index contributed by atoms with van der Waals surface area (Å²) in [5.41, 5.74) is 4.42. The Kier molecular flexibility index (Phi) is 4.67. The van der Waals surface area contributed by atoms with Crippen molar-refractivity contribution in [1.29, 1.82) is 0 Å². The molecule has 2 aromatic carbocycles. The Balaban J connectivity index is 1.43. The second kappa shape index (κ2) is 7.25. The topological polar surface area (TPSA) is 91.1 Å². The molecule has 3 N–H and O–H groups in total. The van der Waals surface area contributed by atoms with Crippen molar-refractivity contribution in [3.8, 4) is 0 Å². The van der Waals surface area contributed by atoms with Crippen LogP contribution >= 0.6 is 0 Å². The molecular weight excluding hydrogens is 398 g/mol. The Bertz CT molecular complexity index is 1240. The molecule has 1 atom stereocenters. The van der Waals surface area contributed by atoms with Crippen molar-refractivity contribution in [3.63, 3.8) is 0 Å². The zero-order valence-electron chi connectivity index (χ0n) is 16.9. The van der Waals surface area contributed by atoms with Gasteiger partial charge in [0, 0.05) is 22.8 Å². The first-order chi connectivity index (χ1) is 14.4. The monoisotopic (exact) mass is 423 g/mol. The lowest BCUT2D eigenvalue weighted by atomic mass is 9.87. The lowest BCUT2D eigenvalue weighted by molar-refractivity contribution is 0.102. The van der Waals surface area contributed by atoms with Gasteiger partial charge in [-0.1, -0.05) is 25.1 Å². The van der Waals surface area contributed by atoms with Crippen LogP contribution in [0.1, 0.15) is 47.8 Å². The number of sulfonamides is 1. The summed E-state index contributed by atoms with van der Waals surface area (Å²) in [6.07, 6.45) is 4.92. The van der Waals surface area contributed by atoms with Crippen LogP contribution < -0.4 is 10.0 Å². The summed E-state index contributed by atoms with van der Waals surface area (Å²) in [4.78, 5) is 16.7. The van der Waals surface area contributed by atoms with E-state index < -0.39 is 10.0 Å². The minimum Gasteiger partial charge on any atom is -0.358 e. The SMILES string of the molecule is CC1CCc2[nH]c3c(C(=O)Nc4cccc(S(=O)(=O)NC5CC5)c4)cccc3c2C1. The maximum absolute atomic E-state index is 13.1. The summed E-state index contributed by atoms with van der Waals surface area (Å²) in [7, 11) is -3.57. The number of nitrogens with one attached hydrogen (secondary N) is 3. The van der Waals surface area contributed by atoms with E-state index in [4.69, 9.17) is 0 Å². The standard InChI is InChI=1S/C23H25N3O3S/c1-14-8-11-21-20(12-14)18-6-3-7-19(22(18)25-21)23(27)24-16-4-2-5-17(13-16)30(28,29)26-15-9-10-15/h2-7,13-15,25-26H,8-12H2,1H3,(H,24,27). The van der Waals surface area contributed by atoms with Crippen molar-refractivity contribution < 1.29 is 13.2 Å². The fraction of sp³-hybridized carbons (Fsp3) is 0.348. The zero-order chi connectivity index (χ0) is 20.9. The van der Waals surface area contributed by atoms with E-state index in [9.17, 15) is 13.2 Å². The Morgan fingerprint density at radius 2 is 1.90 bits per heavy atom. The number of hydrogen-bond donors (Lipinski definition) is 3. The van der Waals surface area contributed by atoms with Crippen LogP contribution in [0.4, 0.5) is 5.69 Å². The number of anilines is 1. The Morgan fingerprint density at radius 3 is 2.70 bits per heavy atom. The summed E-state index contributed by atoms with van der Waals surface area (Å²) in [6, 6.07) is 12.2. The van der Waals surface area contributed by atoms with Crippen molar-refractivity contribution in [2.45, 2.75) is 50.0 Å². The minimum atomic E-state index is -3.57. The molecule has 0 spiro atoms. The lowest BCUT2D eigenvalue weighted by Gasteiger charge is -2.17. The molecule has 0 aliphatic heterocycles. The van der Waals surface area contributed by atoms with E-state index in [1.807, 2.05) is 6.07 Å². The molecule has 2 aliphatic carbocycles. The molecular formula is C23H25N3O3S. The molecule has 5 rings (SSSR count). The molecule has 1 fully saturated rings. The van der Waals surface area contributed by atoms with Gasteiger partial charge < -0.3 is 10.3 Å². The summed E-state index contributed by atoms with van der Waals surface area (Å²) in [5.74, 6) is 0.389. The molecule has 1 amide bonds. The van der Waals surface area contributed by atoms with E-state index >= 15 is 0 Å². The molecule has 1 heterocycles. The maximum atomic E-state index is 13.1. The molecule has 3 aromatic rings. The average molecular weight is 424 g/mol. The highest BCUT2D eigenvalue weighted by Crippen LogP contribution is 2.33. The molecule has 0 radical (unpaired) electrons. The van der Waals surface area contributed by atoms with Gasteiger partial charge in [-0.2, -0.15) is 0 Å². The van der Waals surface area contributed by atoms with E-state index in [1.165, 1.54) is 17.3 Å². The number of aromatic amines is 1. The summed E-state index contributed by atoms with van der Waals surface area (Å²) in [6.45, 7) is 2.26. The molecule has 1 aromatic heterocycles. The third kappa shape index (κ3) is 3.63. The molecule has 6 nitrogen and oxygen atoms in total. The first-order valence-corrected chi connectivity index (χ1v) is 12.0. The van der Waals surface area contributed by atoms with Gasteiger partial charge in [-0.3, -0.25) is 4.79 Å². The van der Waals surface area contributed by atoms with Gasteiger partial charge in [0.15, 0.2) is 0 Å². The van der Waals surface area contributed by atoms with E-state index in [1.54, 1.807) is 24.3 Å². The van der Waals surface area contributed by atoms with Crippen LogP contribution in [0.25, 0.3) is 10.9 Å². The van der Waals surface area contributed by atoms with Crippen LogP contribution in [0.3, 0.4) is 0 Å². The van der Waals surface area contributed by atoms with Crippen LogP contribution in [0.2, 0.25) is 0 Å². The van der Waals surface area contributed by atoms with E-state index in [-0.39, 0.29) is 16.8 Å². The highest BCUT2D eigenvalue weighted by molar-refractivity contribution is 7.89. The highest BCUT2D eigenvalue weighted by atomic mass is 32.2. The number of aryl methyl sites for hydroxylation is 1. The minimum absolute atomic E-state index is 0.0347. The van der Waals surface area contributed by atoms with Gasteiger partial charge in [-0.25, -0.2) is 13.1 Å². The number of para-hydroxylation sites is 1. The number of fused-ring (bicyclic) bond motifs is 3. The van der Waals surface area contributed by atoms with Gasteiger partial charge in [-0.05, 0) is 67.9 Å². The normalized spacial score (nSPS) is 18.9. The number of H-pyrrole nitrogens is 1. The third-order valence-corrected chi connectivity index (χ3v) is 7.53. The predicted molar refractivity (Wildman–Crippen MR) is 117 cm³/mol. The maximum Gasteiger partial charge on any atom is 0.257 e. The second-order valence-corrected chi connectivity index (χ2v) is 10.2. The van der Waals surface area contributed by atoms with Gasteiger partial charge in [0.1, 0.15) is 0 Å². The van der Waals surface area contributed by atoms with Crippen molar-refractivity contribution >= 4 is 32.5 Å². The molecule has 30 heavy (non-hydrogen) atoms. The number of hydrogen-bond acceptors (Lipinski definition) is 3. The van der Waals surface area contributed by atoms with Gasteiger partial charge in [0.25, 0.3) is 5.91 Å². The first kappa shape index (κ1) is 19.3. The van der Waals surface area contributed by atoms with Crippen molar-refractivity contribution in [2.75, 3.05) is 5.32 Å². The molecule has 2 aliphatic rings. The van der Waals surface area contributed by atoms with Gasteiger partial charge in [0.05, 0.1) is 16.0 Å². The summed E-state index contributed by atoms with van der Waals surface area (Å²) < 4.78 is 27.6. The van der Waals surface area contributed by atoms with E-state index in [2.05, 4.69) is 28.0 Å². The highest BCUT2D eigenvalue weighted by Gasteiger charge is 2.28. The van der Waals surface area contributed by atoms with E-state index in [0.29, 0.717) is 17.2 Å². The predicted octanol–water partition coefficient (Wildman–Crippen LogP) is 3.99. The second-order valence-electron chi connectivity index (χ2n) is 8.54. The van der Waals surface area contributed by atoms with Crippen LogP contribution in [0.5, 0.6) is 0 Å². The van der Waals surface area contributed by atoms with Gasteiger partial charge in [0.2, 0.25) is 10.0 Å². The number of amides is 1. The molecule has 0 saturated heterocycles. The van der Waals surface area contributed by atoms with Gasteiger partial charge >= 0.3 is 0 Å². The number of aromatic nitrogens is 1. The largest absolute Gasteiger partial charge is 0.358 e. The Morgan fingerprint density at radius 1 is 1.10 bits per heavy atom. The molecule has 1 unspecified atom stereocenters. The van der Waals surface area contributed by atoms with Crippen molar-refractivity contribution in [1.82, 2.24) is 9.71 Å². The van der Waals surface area contributed by atoms with Crippen LogP contribution in [-0.4, -0.2) is 25.4 Å². The van der Waals surface area contributed by atoms with Crippen molar-refractivity contribution in [2.24, 2.45) is 5.92 Å². The number of carbonyl (C=O) groups excluding carboxylic acids is 1. The Labute approximate surface area is 176 Å². The molecule has 156 valence electrons. The molecule has 0 bridgehead atoms. The Hall–Kier alpha value is -2.64. The smallest absolute Gasteiger partial charge is 0.257 e. The number of carbonyl (C=O) groups is 1. The lowest BCUT2D eigenvalue weighted by Crippen LogP contribution is -2.25. The summed E-state index contributed by atoms with van der Waals surface area (Å²) >= 11 is 0. The van der Waals surface area contributed by atoms with Crippen molar-refractivity contribution in [3.05, 3.63) is 59.3 Å². The fourth-order valence-electron chi connectivity index (χ4n) is 4.23. The summed E-state index contributed by atoms with van der Waals surface area (Å²) in [5, 5.41) is 3.98. The quantitative estimate of drug-likeness (QED) is 0.580. The van der Waals surface area contributed by atoms with Gasteiger partial charge in [-0.15, -0.1) is 0 Å². The van der Waals surface area contributed by atoms with Crippen LogP contribution in [0, 0.1) is 5.92 Å². The van der Waals surface area contributed by atoms with E-state index in [0.717, 1.165) is 43.0 Å². The fourth-order valence-corrected chi connectivity index (χ4v) is 5.58. The number of benzene rings is 2. The molecule has 7 heteroatoms. The van der Waals surface area contributed by atoms with Crippen LogP contribution in [0.15, 0.2) is 47.4 Å². The third-order valence-electron chi connectivity index (χ3n) is 6.02. The number of rotatable bonds is 5.